The van der Waals surface area contributed by atoms with Gasteiger partial charge >= 0.3 is 0 Å². The lowest BCUT2D eigenvalue weighted by molar-refractivity contribution is 0.406. The molecule has 0 aromatic heterocycles. The summed E-state index contributed by atoms with van der Waals surface area (Å²) in [6.45, 7) is 11.6. The van der Waals surface area contributed by atoms with Crippen LogP contribution in [0, 0.1) is 11.8 Å². The molecule has 0 aliphatic rings. The van der Waals surface area contributed by atoms with Crippen molar-refractivity contribution in [2.24, 2.45) is 11.8 Å². The van der Waals surface area contributed by atoms with Gasteiger partial charge in [0.05, 0.1) is 0 Å². The number of hydrazine groups is 1. The van der Waals surface area contributed by atoms with Crippen LogP contribution in [0.25, 0.3) is 0 Å². The molecule has 0 radical (unpaired) electrons. The average Bonchev–Trinajstić information content (AvgIpc) is 2.55. The second-order valence-corrected chi connectivity index (χ2v) is 8.25. The zero-order chi connectivity index (χ0) is 17.9. The van der Waals surface area contributed by atoms with E-state index in [0.717, 1.165) is 24.9 Å². The SMILES string of the molecule is CCCCCCCCCCCCNNCCC(C)CCCC(C)C. The minimum Gasteiger partial charge on any atom is -0.258 e. The summed E-state index contributed by atoms with van der Waals surface area (Å²) < 4.78 is 0. The number of unbranched alkanes of at least 4 members (excludes halogenated alkanes) is 9. The minimum atomic E-state index is 0.857. The number of nitrogens with one attached hydrogen (secondary N) is 2. The van der Waals surface area contributed by atoms with Crippen molar-refractivity contribution in [2.45, 2.75) is 118 Å². The molecule has 1 unspecified atom stereocenters. The lowest BCUT2D eigenvalue weighted by atomic mass is 9.97. The molecule has 24 heavy (non-hydrogen) atoms. The van der Waals surface area contributed by atoms with Crippen molar-refractivity contribution in [1.82, 2.24) is 10.9 Å². The summed E-state index contributed by atoms with van der Waals surface area (Å²) in [5, 5.41) is 0. The van der Waals surface area contributed by atoms with Gasteiger partial charge in [-0.25, -0.2) is 0 Å². The fourth-order valence-corrected chi connectivity index (χ4v) is 3.22. The molecule has 0 heterocycles. The molecule has 2 heteroatoms. The molecular weight excluding hydrogens is 292 g/mol. The van der Waals surface area contributed by atoms with Gasteiger partial charge in [0.15, 0.2) is 0 Å². The van der Waals surface area contributed by atoms with Gasteiger partial charge in [-0.05, 0) is 24.7 Å². The summed E-state index contributed by atoms with van der Waals surface area (Å²) in [5.41, 5.74) is 6.79. The molecule has 0 aromatic rings. The van der Waals surface area contributed by atoms with Gasteiger partial charge < -0.3 is 0 Å². The fourth-order valence-electron chi connectivity index (χ4n) is 3.22. The molecule has 146 valence electrons. The highest BCUT2D eigenvalue weighted by Gasteiger charge is 2.02. The molecule has 2 nitrogen and oxygen atoms in total. The van der Waals surface area contributed by atoms with Crippen LogP contribution in [0.1, 0.15) is 118 Å². The van der Waals surface area contributed by atoms with Crippen molar-refractivity contribution in [3.05, 3.63) is 0 Å². The molecule has 0 rings (SSSR count). The van der Waals surface area contributed by atoms with E-state index in [1.54, 1.807) is 0 Å². The third kappa shape index (κ3) is 20.0. The van der Waals surface area contributed by atoms with Crippen molar-refractivity contribution in [3.8, 4) is 0 Å². The monoisotopic (exact) mass is 340 g/mol. The standard InChI is InChI=1S/C22H48N2/c1-5-6-7-8-9-10-11-12-13-14-19-23-24-20-18-22(4)17-15-16-21(2)3/h21-24H,5-20H2,1-4H3. The molecule has 0 spiro atoms. The van der Waals surface area contributed by atoms with Crippen molar-refractivity contribution in [3.63, 3.8) is 0 Å². The second-order valence-electron chi connectivity index (χ2n) is 8.25. The van der Waals surface area contributed by atoms with E-state index in [9.17, 15) is 0 Å². The Morgan fingerprint density at radius 2 is 1.08 bits per heavy atom. The maximum absolute atomic E-state index is 3.40. The van der Waals surface area contributed by atoms with E-state index in [0.29, 0.717) is 0 Å². The molecular formula is C22H48N2. The summed E-state index contributed by atoms with van der Waals surface area (Å²) in [6.07, 6.45) is 19.6. The Kier molecular flexibility index (Phi) is 19.2. The van der Waals surface area contributed by atoms with E-state index in [2.05, 4.69) is 38.5 Å². The Morgan fingerprint density at radius 3 is 1.67 bits per heavy atom. The highest BCUT2D eigenvalue weighted by atomic mass is 15.3. The lowest BCUT2D eigenvalue weighted by Gasteiger charge is -2.13. The number of hydrogen-bond acceptors (Lipinski definition) is 2. The highest BCUT2D eigenvalue weighted by molar-refractivity contribution is 4.57. The van der Waals surface area contributed by atoms with Crippen molar-refractivity contribution in [2.75, 3.05) is 13.1 Å². The Morgan fingerprint density at radius 1 is 0.542 bits per heavy atom. The van der Waals surface area contributed by atoms with Gasteiger partial charge in [0.25, 0.3) is 0 Å². The molecule has 0 aliphatic heterocycles. The first-order chi connectivity index (χ1) is 11.7. The van der Waals surface area contributed by atoms with Crippen LogP contribution in [-0.4, -0.2) is 13.1 Å². The first-order valence-electron chi connectivity index (χ1n) is 11.1. The Labute approximate surface area is 153 Å². The zero-order valence-corrected chi connectivity index (χ0v) is 17.5. The van der Waals surface area contributed by atoms with Gasteiger partial charge in [-0.3, -0.25) is 10.9 Å². The largest absolute Gasteiger partial charge is 0.258 e. The van der Waals surface area contributed by atoms with Gasteiger partial charge in [0.2, 0.25) is 0 Å². The van der Waals surface area contributed by atoms with E-state index < -0.39 is 0 Å². The van der Waals surface area contributed by atoms with Crippen molar-refractivity contribution < 1.29 is 0 Å². The first kappa shape index (κ1) is 23.9. The summed E-state index contributed by atoms with van der Waals surface area (Å²) >= 11 is 0. The smallest absolute Gasteiger partial charge is 0.0102 e. The maximum Gasteiger partial charge on any atom is 0.0102 e. The van der Waals surface area contributed by atoms with E-state index in [1.165, 1.54) is 89.9 Å². The van der Waals surface area contributed by atoms with Crippen LogP contribution < -0.4 is 10.9 Å². The van der Waals surface area contributed by atoms with Crippen LogP contribution in [0.4, 0.5) is 0 Å². The molecule has 0 bridgehead atoms. The predicted molar refractivity (Wildman–Crippen MR) is 110 cm³/mol. The summed E-state index contributed by atoms with van der Waals surface area (Å²) in [5.74, 6) is 1.72. The number of rotatable bonds is 19. The van der Waals surface area contributed by atoms with E-state index >= 15 is 0 Å². The molecule has 0 fully saturated rings. The first-order valence-corrected chi connectivity index (χ1v) is 11.1. The third-order valence-electron chi connectivity index (χ3n) is 5.02. The molecule has 2 N–H and O–H groups in total. The van der Waals surface area contributed by atoms with Crippen molar-refractivity contribution in [1.29, 1.82) is 0 Å². The third-order valence-corrected chi connectivity index (χ3v) is 5.02. The maximum atomic E-state index is 3.40. The Bertz CT molecular complexity index is 228. The predicted octanol–water partition coefficient (Wildman–Crippen LogP) is 6.85. The van der Waals surface area contributed by atoms with E-state index in [1.807, 2.05) is 0 Å². The van der Waals surface area contributed by atoms with Gasteiger partial charge in [0, 0.05) is 13.1 Å². The van der Waals surface area contributed by atoms with E-state index in [-0.39, 0.29) is 0 Å². The zero-order valence-electron chi connectivity index (χ0n) is 17.5. The van der Waals surface area contributed by atoms with Crippen LogP contribution in [0.15, 0.2) is 0 Å². The molecule has 1 atom stereocenters. The summed E-state index contributed by atoms with van der Waals surface area (Å²) in [7, 11) is 0. The molecule has 0 saturated carbocycles. The minimum absolute atomic E-state index is 0.857. The lowest BCUT2D eigenvalue weighted by Crippen LogP contribution is -2.33. The van der Waals surface area contributed by atoms with Crippen LogP contribution in [0.2, 0.25) is 0 Å². The van der Waals surface area contributed by atoms with Gasteiger partial charge in [-0.1, -0.05) is 105 Å². The average molecular weight is 341 g/mol. The van der Waals surface area contributed by atoms with Crippen LogP contribution in [0.5, 0.6) is 0 Å². The quantitative estimate of drug-likeness (QED) is 0.198. The number of hydrogen-bond donors (Lipinski definition) is 2. The normalized spacial score (nSPS) is 12.9. The fraction of sp³-hybridized carbons (Fsp3) is 1.00. The molecule has 0 aromatic carbocycles. The summed E-state index contributed by atoms with van der Waals surface area (Å²) in [4.78, 5) is 0. The van der Waals surface area contributed by atoms with E-state index in [4.69, 9.17) is 0 Å². The van der Waals surface area contributed by atoms with Gasteiger partial charge in [0.1, 0.15) is 0 Å². The van der Waals surface area contributed by atoms with Crippen LogP contribution in [0.3, 0.4) is 0 Å². The Hall–Kier alpha value is -0.0800. The molecule has 0 saturated heterocycles. The van der Waals surface area contributed by atoms with Crippen LogP contribution in [-0.2, 0) is 0 Å². The second kappa shape index (κ2) is 19.2. The van der Waals surface area contributed by atoms with Crippen molar-refractivity contribution >= 4 is 0 Å². The molecule has 0 aliphatic carbocycles. The summed E-state index contributed by atoms with van der Waals surface area (Å²) in [6, 6.07) is 0. The van der Waals surface area contributed by atoms with Gasteiger partial charge in [-0.2, -0.15) is 0 Å². The Balaban J connectivity index is 3.09. The topological polar surface area (TPSA) is 24.1 Å². The highest BCUT2D eigenvalue weighted by Crippen LogP contribution is 2.14. The molecule has 0 amide bonds. The van der Waals surface area contributed by atoms with Gasteiger partial charge in [-0.15, -0.1) is 0 Å². The van der Waals surface area contributed by atoms with Crippen LogP contribution >= 0.6 is 0 Å².